The Hall–Kier alpha value is -0.690. The summed E-state index contributed by atoms with van der Waals surface area (Å²) in [7, 11) is 0. The summed E-state index contributed by atoms with van der Waals surface area (Å²) in [6, 6.07) is 0. The van der Waals surface area contributed by atoms with Crippen LogP contribution in [0.5, 0.6) is 0 Å². The van der Waals surface area contributed by atoms with Crippen LogP contribution in [-0.2, 0) is 14.3 Å². The number of ether oxygens (including phenoxy) is 2. The molecule has 0 bridgehead atoms. The van der Waals surface area contributed by atoms with Crippen molar-refractivity contribution in [2.45, 2.75) is 44.3 Å². The van der Waals surface area contributed by atoms with Crippen molar-refractivity contribution in [2.75, 3.05) is 65.6 Å². The van der Waals surface area contributed by atoms with Crippen molar-refractivity contribution in [3.8, 4) is 0 Å². The Labute approximate surface area is 151 Å². The normalized spacial score (nSPS) is 34.9. The molecule has 0 N–H and O–H groups in total. The summed E-state index contributed by atoms with van der Waals surface area (Å²) in [4.78, 5) is 19.8. The van der Waals surface area contributed by atoms with E-state index in [0.717, 1.165) is 39.1 Å². The second kappa shape index (κ2) is 8.33. The third-order valence-corrected chi connectivity index (χ3v) is 6.42. The Morgan fingerprint density at radius 2 is 1.68 bits per heavy atom. The van der Waals surface area contributed by atoms with Gasteiger partial charge in [0.15, 0.2) is 0 Å². The molecular weight excluding hydrogens is 318 g/mol. The van der Waals surface area contributed by atoms with Crippen LogP contribution in [0.1, 0.15) is 32.1 Å². The molecular formula is C19H33N3O3. The molecule has 0 aromatic heterocycles. The van der Waals surface area contributed by atoms with E-state index >= 15 is 0 Å². The lowest BCUT2D eigenvalue weighted by atomic mass is 9.91. The summed E-state index contributed by atoms with van der Waals surface area (Å²) in [5.41, 5.74) is 0. The number of likely N-dealkylation sites (tertiary alicyclic amines) is 2. The Morgan fingerprint density at radius 3 is 2.48 bits per heavy atom. The molecule has 6 nitrogen and oxygen atoms in total. The smallest absolute Gasteiger partial charge is 0.251 e. The summed E-state index contributed by atoms with van der Waals surface area (Å²) in [6.45, 7) is 9.81. The van der Waals surface area contributed by atoms with E-state index in [2.05, 4.69) is 9.80 Å². The van der Waals surface area contributed by atoms with Crippen LogP contribution in [-0.4, -0.2) is 98.4 Å². The molecule has 0 aromatic rings. The fourth-order valence-electron chi connectivity index (χ4n) is 4.81. The first-order chi connectivity index (χ1) is 12.3. The number of hydrogen-bond donors (Lipinski definition) is 0. The van der Waals surface area contributed by atoms with Crippen molar-refractivity contribution in [3.63, 3.8) is 0 Å². The summed E-state index contributed by atoms with van der Waals surface area (Å²) in [5, 5.41) is 0. The maximum absolute atomic E-state index is 12.7. The van der Waals surface area contributed by atoms with Crippen molar-refractivity contribution >= 4 is 5.91 Å². The van der Waals surface area contributed by atoms with E-state index < -0.39 is 0 Å². The molecule has 6 heteroatoms. The van der Waals surface area contributed by atoms with Gasteiger partial charge in [-0.3, -0.25) is 9.69 Å². The number of carbonyl (C=O) groups excluding carboxylic acids is 1. The van der Waals surface area contributed by atoms with Crippen LogP contribution < -0.4 is 0 Å². The molecule has 0 aliphatic carbocycles. The Balaban J connectivity index is 1.23. The first kappa shape index (κ1) is 17.7. The molecule has 0 spiro atoms. The minimum atomic E-state index is -0.213. The summed E-state index contributed by atoms with van der Waals surface area (Å²) >= 11 is 0. The zero-order valence-electron chi connectivity index (χ0n) is 15.4. The maximum atomic E-state index is 12.7. The molecule has 4 aliphatic heterocycles. The van der Waals surface area contributed by atoms with E-state index in [-0.39, 0.29) is 18.1 Å². The number of nitrogens with zero attached hydrogens (tertiary/aromatic N) is 3. The highest BCUT2D eigenvalue weighted by Gasteiger charge is 2.43. The lowest BCUT2D eigenvalue weighted by Crippen LogP contribution is -2.47. The molecule has 0 saturated carbocycles. The van der Waals surface area contributed by atoms with Crippen molar-refractivity contribution in [2.24, 2.45) is 5.92 Å². The minimum absolute atomic E-state index is 0.192. The number of amides is 1. The predicted octanol–water partition coefficient (Wildman–Crippen LogP) is 0.811. The molecule has 4 heterocycles. The van der Waals surface area contributed by atoms with Crippen LogP contribution in [0, 0.1) is 5.92 Å². The van der Waals surface area contributed by atoms with Crippen molar-refractivity contribution in [1.29, 1.82) is 0 Å². The third kappa shape index (κ3) is 4.35. The SMILES string of the molecule is O=C([C@@H]1C[C@H]2CCN(CCN3CCCCC3)C[C@@H]2O1)N1CCOCC1. The number of hydrogen-bond acceptors (Lipinski definition) is 5. The monoisotopic (exact) mass is 351 g/mol. The predicted molar refractivity (Wildman–Crippen MR) is 95.5 cm³/mol. The summed E-state index contributed by atoms with van der Waals surface area (Å²) in [5.74, 6) is 0.763. The average Bonchev–Trinajstić information content (AvgIpc) is 3.10. The fourth-order valence-corrected chi connectivity index (χ4v) is 4.81. The molecule has 4 fully saturated rings. The van der Waals surface area contributed by atoms with Gasteiger partial charge in [0.2, 0.25) is 0 Å². The zero-order valence-corrected chi connectivity index (χ0v) is 15.4. The third-order valence-electron chi connectivity index (χ3n) is 6.42. The Kier molecular flexibility index (Phi) is 5.90. The molecule has 0 aromatic carbocycles. The Bertz CT molecular complexity index is 449. The first-order valence-electron chi connectivity index (χ1n) is 10.3. The topological polar surface area (TPSA) is 45.2 Å². The number of carbonyl (C=O) groups is 1. The number of morpholine rings is 1. The van der Waals surface area contributed by atoms with Crippen molar-refractivity contribution < 1.29 is 14.3 Å². The quantitative estimate of drug-likeness (QED) is 0.750. The van der Waals surface area contributed by atoms with Gasteiger partial charge in [0.05, 0.1) is 19.3 Å². The van der Waals surface area contributed by atoms with Gasteiger partial charge in [-0.05, 0) is 51.2 Å². The van der Waals surface area contributed by atoms with Gasteiger partial charge in [-0.25, -0.2) is 0 Å². The molecule has 4 rings (SSSR count). The van der Waals surface area contributed by atoms with E-state index in [1.807, 2.05) is 4.90 Å². The van der Waals surface area contributed by atoms with Crippen LogP contribution >= 0.6 is 0 Å². The van der Waals surface area contributed by atoms with E-state index in [9.17, 15) is 4.79 Å². The largest absolute Gasteiger partial charge is 0.378 e. The molecule has 0 unspecified atom stereocenters. The molecule has 4 saturated heterocycles. The standard InChI is InChI=1S/C19H33N3O3/c23-19(22-10-12-24-13-11-22)17-14-16-4-7-21(15-18(16)25-17)9-8-20-5-2-1-3-6-20/h16-18H,1-15H2/t16-,17+,18+/m1/s1. The zero-order chi connectivity index (χ0) is 17.1. The van der Waals surface area contributed by atoms with Gasteiger partial charge in [0.1, 0.15) is 6.10 Å². The highest BCUT2D eigenvalue weighted by Crippen LogP contribution is 2.34. The van der Waals surface area contributed by atoms with Crippen LogP contribution in [0.25, 0.3) is 0 Å². The first-order valence-corrected chi connectivity index (χ1v) is 10.3. The van der Waals surface area contributed by atoms with E-state index in [0.29, 0.717) is 19.1 Å². The highest BCUT2D eigenvalue weighted by atomic mass is 16.5. The molecule has 0 radical (unpaired) electrons. The fraction of sp³-hybridized carbons (Fsp3) is 0.947. The van der Waals surface area contributed by atoms with E-state index in [4.69, 9.17) is 9.47 Å². The summed E-state index contributed by atoms with van der Waals surface area (Å²) in [6.07, 6.45) is 6.26. The van der Waals surface area contributed by atoms with Gasteiger partial charge in [-0.2, -0.15) is 0 Å². The lowest BCUT2D eigenvalue weighted by molar-refractivity contribution is -0.147. The number of rotatable bonds is 4. The van der Waals surface area contributed by atoms with Crippen LogP contribution in [0.15, 0.2) is 0 Å². The van der Waals surface area contributed by atoms with Crippen LogP contribution in [0.4, 0.5) is 0 Å². The van der Waals surface area contributed by atoms with Crippen molar-refractivity contribution in [3.05, 3.63) is 0 Å². The van der Waals surface area contributed by atoms with Crippen molar-refractivity contribution in [1.82, 2.24) is 14.7 Å². The van der Waals surface area contributed by atoms with Gasteiger partial charge in [0, 0.05) is 32.7 Å². The van der Waals surface area contributed by atoms with Gasteiger partial charge < -0.3 is 19.3 Å². The lowest BCUT2D eigenvalue weighted by Gasteiger charge is -2.36. The van der Waals surface area contributed by atoms with Crippen LogP contribution in [0.3, 0.4) is 0 Å². The van der Waals surface area contributed by atoms with Gasteiger partial charge in [-0.15, -0.1) is 0 Å². The van der Waals surface area contributed by atoms with Crippen LogP contribution in [0.2, 0.25) is 0 Å². The average molecular weight is 351 g/mol. The molecule has 3 atom stereocenters. The molecule has 25 heavy (non-hydrogen) atoms. The van der Waals surface area contributed by atoms with E-state index in [1.54, 1.807) is 0 Å². The highest BCUT2D eigenvalue weighted by molar-refractivity contribution is 5.81. The van der Waals surface area contributed by atoms with Gasteiger partial charge >= 0.3 is 0 Å². The number of piperidine rings is 2. The van der Waals surface area contributed by atoms with E-state index in [1.165, 1.54) is 45.3 Å². The minimum Gasteiger partial charge on any atom is -0.378 e. The molecule has 4 aliphatic rings. The number of fused-ring (bicyclic) bond motifs is 1. The molecule has 142 valence electrons. The maximum Gasteiger partial charge on any atom is 0.251 e. The molecule has 1 amide bonds. The summed E-state index contributed by atoms with van der Waals surface area (Å²) < 4.78 is 11.6. The Morgan fingerprint density at radius 1 is 0.920 bits per heavy atom. The second-order valence-electron chi connectivity index (χ2n) is 8.09. The van der Waals surface area contributed by atoms with Gasteiger partial charge in [-0.1, -0.05) is 6.42 Å². The van der Waals surface area contributed by atoms with Gasteiger partial charge in [0.25, 0.3) is 5.91 Å². The second-order valence-corrected chi connectivity index (χ2v) is 8.09.